The van der Waals surface area contributed by atoms with Gasteiger partial charge in [-0.1, -0.05) is 17.2 Å². The predicted octanol–water partition coefficient (Wildman–Crippen LogP) is 3.40. The number of para-hydroxylation sites is 2. The minimum Gasteiger partial charge on any atom is -0.485 e. The minimum atomic E-state index is -0.416. The molecule has 124 valence electrons. The standard InChI is InChI=1S/C17H17N3O4/c1-10-7-12(11(2)22-10)8-18-17-20-19-16(24-17)15-9-21-13-5-3-4-6-14(13)23-15/h3-7,15H,8-9H2,1-2H3,(H,18,20). The highest BCUT2D eigenvalue weighted by Gasteiger charge is 2.27. The Hall–Kier alpha value is -2.96. The van der Waals surface area contributed by atoms with Crippen LogP contribution in [0.25, 0.3) is 0 Å². The zero-order valence-corrected chi connectivity index (χ0v) is 13.4. The molecule has 0 fully saturated rings. The van der Waals surface area contributed by atoms with E-state index in [4.69, 9.17) is 18.3 Å². The van der Waals surface area contributed by atoms with Crippen molar-refractivity contribution in [3.8, 4) is 11.5 Å². The molecule has 3 aromatic rings. The molecule has 7 nitrogen and oxygen atoms in total. The fraction of sp³-hybridized carbons (Fsp3) is 0.294. The fourth-order valence-electron chi connectivity index (χ4n) is 2.61. The third-order valence-electron chi connectivity index (χ3n) is 3.80. The fourth-order valence-corrected chi connectivity index (χ4v) is 2.61. The summed E-state index contributed by atoms with van der Waals surface area (Å²) in [6.45, 7) is 4.72. The molecule has 4 rings (SSSR count). The molecule has 1 unspecified atom stereocenters. The molecule has 1 aliphatic heterocycles. The zero-order valence-electron chi connectivity index (χ0n) is 13.4. The van der Waals surface area contributed by atoms with Crippen LogP contribution < -0.4 is 14.8 Å². The number of hydrogen-bond donors (Lipinski definition) is 1. The van der Waals surface area contributed by atoms with Crippen molar-refractivity contribution >= 4 is 6.01 Å². The molecule has 3 heterocycles. The number of hydrogen-bond acceptors (Lipinski definition) is 7. The smallest absolute Gasteiger partial charge is 0.315 e. The SMILES string of the molecule is Cc1cc(CNc2nnc(C3COc4ccccc4O3)o2)c(C)o1. The van der Waals surface area contributed by atoms with E-state index in [0.29, 0.717) is 30.8 Å². The van der Waals surface area contributed by atoms with Gasteiger partial charge in [-0.3, -0.25) is 0 Å². The van der Waals surface area contributed by atoms with Gasteiger partial charge in [0, 0.05) is 12.1 Å². The number of aryl methyl sites for hydroxylation is 2. The Labute approximate surface area is 138 Å². The highest BCUT2D eigenvalue weighted by Crippen LogP contribution is 2.35. The van der Waals surface area contributed by atoms with Crippen molar-refractivity contribution in [1.82, 2.24) is 10.2 Å². The molecule has 1 aliphatic rings. The van der Waals surface area contributed by atoms with Gasteiger partial charge in [-0.2, -0.15) is 0 Å². The lowest BCUT2D eigenvalue weighted by Crippen LogP contribution is -2.21. The summed E-state index contributed by atoms with van der Waals surface area (Å²) in [7, 11) is 0. The molecule has 1 atom stereocenters. The van der Waals surface area contributed by atoms with Crippen LogP contribution in [-0.2, 0) is 6.54 Å². The maximum Gasteiger partial charge on any atom is 0.315 e. The van der Waals surface area contributed by atoms with Crippen LogP contribution in [0.5, 0.6) is 11.5 Å². The van der Waals surface area contributed by atoms with Gasteiger partial charge in [-0.25, -0.2) is 0 Å². The molecule has 24 heavy (non-hydrogen) atoms. The van der Waals surface area contributed by atoms with Gasteiger partial charge in [-0.15, -0.1) is 5.10 Å². The van der Waals surface area contributed by atoms with Crippen LogP contribution in [0.2, 0.25) is 0 Å². The van der Waals surface area contributed by atoms with E-state index < -0.39 is 6.10 Å². The summed E-state index contributed by atoms with van der Waals surface area (Å²) in [6, 6.07) is 9.82. The van der Waals surface area contributed by atoms with Crippen LogP contribution in [0.4, 0.5) is 6.01 Å². The van der Waals surface area contributed by atoms with E-state index in [9.17, 15) is 0 Å². The van der Waals surface area contributed by atoms with Crippen molar-refractivity contribution < 1.29 is 18.3 Å². The van der Waals surface area contributed by atoms with Crippen molar-refractivity contribution in [3.05, 3.63) is 53.3 Å². The molecule has 1 aromatic carbocycles. The molecular formula is C17H17N3O4. The molecule has 0 saturated carbocycles. The topological polar surface area (TPSA) is 82.6 Å². The van der Waals surface area contributed by atoms with Crippen molar-refractivity contribution in [2.75, 3.05) is 11.9 Å². The first-order chi connectivity index (χ1) is 11.7. The number of ether oxygens (including phenoxy) is 2. The number of furan rings is 1. The molecule has 0 amide bonds. The summed E-state index contributed by atoms with van der Waals surface area (Å²) < 4.78 is 22.6. The van der Waals surface area contributed by atoms with Gasteiger partial charge >= 0.3 is 6.01 Å². The van der Waals surface area contributed by atoms with E-state index >= 15 is 0 Å². The van der Waals surface area contributed by atoms with Gasteiger partial charge in [-0.05, 0) is 32.0 Å². The van der Waals surface area contributed by atoms with Gasteiger partial charge in [0.05, 0.1) is 0 Å². The first-order valence-corrected chi connectivity index (χ1v) is 7.71. The van der Waals surface area contributed by atoms with Gasteiger partial charge < -0.3 is 23.6 Å². The minimum absolute atomic E-state index is 0.332. The molecule has 1 N–H and O–H groups in total. The Balaban J connectivity index is 1.43. The average Bonchev–Trinajstić information content (AvgIpc) is 3.18. The molecule has 0 saturated heterocycles. The first-order valence-electron chi connectivity index (χ1n) is 7.71. The molecular weight excluding hydrogens is 310 g/mol. The number of aromatic nitrogens is 2. The number of nitrogens with one attached hydrogen (secondary N) is 1. The predicted molar refractivity (Wildman–Crippen MR) is 85.1 cm³/mol. The second-order valence-electron chi connectivity index (χ2n) is 5.60. The summed E-state index contributed by atoms with van der Waals surface area (Å²) in [4.78, 5) is 0. The van der Waals surface area contributed by atoms with E-state index in [1.54, 1.807) is 0 Å². The van der Waals surface area contributed by atoms with Gasteiger partial charge in [0.25, 0.3) is 5.89 Å². The summed E-state index contributed by atoms with van der Waals surface area (Å²) in [5, 5.41) is 11.1. The molecule has 7 heteroatoms. The number of nitrogens with zero attached hydrogens (tertiary/aromatic N) is 2. The Morgan fingerprint density at radius 2 is 1.96 bits per heavy atom. The quantitative estimate of drug-likeness (QED) is 0.786. The van der Waals surface area contributed by atoms with E-state index in [2.05, 4.69) is 15.5 Å². The number of benzene rings is 1. The van der Waals surface area contributed by atoms with Gasteiger partial charge in [0.2, 0.25) is 6.10 Å². The highest BCUT2D eigenvalue weighted by atomic mass is 16.6. The third-order valence-corrected chi connectivity index (χ3v) is 3.80. The van der Waals surface area contributed by atoms with Crippen LogP contribution in [0, 0.1) is 13.8 Å². The van der Waals surface area contributed by atoms with E-state index in [-0.39, 0.29) is 0 Å². The molecule has 2 aromatic heterocycles. The van der Waals surface area contributed by atoms with Crippen molar-refractivity contribution in [3.63, 3.8) is 0 Å². The normalized spacial score (nSPS) is 16.2. The van der Waals surface area contributed by atoms with E-state index in [1.807, 2.05) is 44.2 Å². The van der Waals surface area contributed by atoms with Crippen LogP contribution in [0.15, 0.2) is 39.2 Å². The maximum atomic E-state index is 5.85. The second kappa shape index (κ2) is 5.92. The average molecular weight is 327 g/mol. The lowest BCUT2D eigenvalue weighted by Gasteiger charge is -2.23. The van der Waals surface area contributed by atoms with Crippen LogP contribution in [-0.4, -0.2) is 16.8 Å². The van der Waals surface area contributed by atoms with E-state index in [1.165, 1.54) is 0 Å². The van der Waals surface area contributed by atoms with Crippen molar-refractivity contribution in [2.45, 2.75) is 26.5 Å². The van der Waals surface area contributed by atoms with Crippen LogP contribution >= 0.6 is 0 Å². The Morgan fingerprint density at radius 1 is 1.12 bits per heavy atom. The lowest BCUT2D eigenvalue weighted by molar-refractivity contribution is 0.0717. The first kappa shape index (κ1) is 14.6. The lowest BCUT2D eigenvalue weighted by atomic mass is 10.2. The Morgan fingerprint density at radius 3 is 2.75 bits per heavy atom. The molecule has 0 bridgehead atoms. The van der Waals surface area contributed by atoms with Crippen LogP contribution in [0.1, 0.15) is 29.1 Å². The molecule has 0 aliphatic carbocycles. The third kappa shape index (κ3) is 2.80. The van der Waals surface area contributed by atoms with E-state index in [0.717, 1.165) is 22.8 Å². The molecule has 0 spiro atoms. The Kier molecular flexibility index (Phi) is 3.60. The summed E-state index contributed by atoms with van der Waals surface area (Å²) in [5.41, 5.74) is 1.05. The zero-order chi connectivity index (χ0) is 16.5. The number of fused-ring (bicyclic) bond motifs is 1. The number of rotatable bonds is 4. The number of anilines is 1. The van der Waals surface area contributed by atoms with Gasteiger partial charge in [0.1, 0.15) is 18.1 Å². The second-order valence-corrected chi connectivity index (χ2v) is 5.60. The maximum absolute atomic E-state index is 5.85. The largest absolute Gasteiger partial charge is 0.485 e. The molecule has 0 radical (unpaired) electrons. The van der Waals surface area contributed by atoms with Gasteiger partial charge in [0.15, 0.2) is 11.5 Å². The monoisotopic (exact) mass is 327 g/mol. The summed E-state index contributed by atoms with van der Waals surface area (Å²) in [5.74, 6) is 3.53. The highest BCUT2D eigenvalue weighted by molar-refractivity contribution is 5.41. The van der Waals surface area contributed by atoms with Crippen molar-refractivity contribution in [1.29, 1.82) is 0 Å². The Bertz CT molecular complexity index is 855. The van der Waals surface area contributed by atoms with Crippen LogP contribution in [0.3, 0.4) is 0 Å². The van der Waals surface area contributed by atoms with Crippen molar-refractivity contribution in [2.24, 2.45) is 0 Å². The summed E-state index contributed by atoms with van der Waals surface area (Å²) in [6.07, 6.45) is -0.416. The summed E-state index contributed by atoms with van der Waals surface area (Å²) >= 11 is 0.